The Bertz CT molecular complexity index is 547. The van der Waals surface area contributed by atoms with Crippen molar-refractivity contribution in [2.75, 3.05) is 66.6 Å². The molecule has 1 atom stereocenters. The van der Waals surface area contributed by atoms with Crippen molar-refractivity contribution >= 4 is 41.8 Å². The van der Waals surface area contributed by atoms with Gasteiger partial charge in [0.15, 0.2) is 5.96 Å². The number of nitrogens with zero attached hydrogens (tertiary/aromatic N) is 3. The van der Waals surface area contributed by atoms with Gasteiger partial charge in [-0.1, -0.05) is 6.92 Å². The number of hydrogen-bond acceptors (Lipinski definition) is 5. The molecule has 0 aromatic carbocycles. The summed E-state index contributed by atoms with van der Waals surface area (Å²) in [7, 11) is 3.47. The molecule has 0 aliphatic carbocycles. The lowest BCUT2D eigenvalue weighted by atomic mass is 10.1. The summed E-state index contributed by atoms with van der Waals surface area (Å²) in [6.07, 6.45) is 3.89. The molecule has 2 fully saturated rings. The van der Waals surface area contributed by atoms with E-state index in [9.17, 15) is 9.59 Å². The summed E-state index contributed by atoms with van der Waals surface area (Å²) < 4.78 is 5.44. The van der Waals surface area contributed by atoms with Crippen molar-refractivity contribution in [3.63, 3.8) is 0 Å². The van der Waals surface area contributed by atoms with Gasteiger partial charge in [-0.25, -0.2) is 4.99 Å². The first kappa shape index (κ1) is 26.9. The molecule has 30 heavy (non-hydrogen) atoms. The normalized spacial score (nSPS) is 20.4. The molecule has 1 unspecified atom stereocenters. The average Bonchev–Trinajstić information content (AvgIpc) is 3.23. The fourth-order valence-electron chi connectivity index (χ4n) is 3.38. The number of ether oxygens (including phenoxy) is 1. The maximum absolute atomic E-state index is 11.9. The summed E-state index contributed by atoms with van der Waals surface area (Å²) in [5.74, 6) is 1.24. The van der Waals surface area contributed by atoms with Crippen LogP contribution in [0.4, 0.5) is 0 Å². The Hall–Kier alpha value is -1.14. The van der Waals surface area contributed by atoms with E-state index in [0.29, 0.717) is 18.4 Å². The van der Waals surface area contributed by atoms with Crippen LogP contribution in [-0.4, -0.2) is 100 Å². The number of likely N-dealkylation sites (tertiary alicyclic amines) is 1. The Morgan fingerprint density at radius 3 is 2.50 bits per heavy atom. The van der Waals surface area contributed by atoms with Crippen molar-refractivity contribution in [2.45, 2.75) is 38.6 Å². The number of amides is 2. The second kappa shape index (κ2) is 14.8. The molecule has 0 bridgehead atoms. The van der Waals surface area contributed by atoms with Crippen LogP contribution in [0.2, 0.25) is 0 Å². The maximum Gasteiger partial charge on any atom is 0.243 e. The first-order valence-corrected chi connectivity index (χ1v) is 10.8. The molecule has 2 aliphatic rings. The number of nitrogens with one attached hydrogen (secondary N) is 3. The van der Waals surface area contributed by atoms with Gasteiger partial charge in [-0.05, 0) is 25.7 Å². The minimum absolute atomic E-state index is 0. The van der Waals surface area contributed by atoms with E-state index in [2.05, 4.69) is 32.8 Å². The Morgan fingerprint density at radius 2 is 1.90 bits per heavy atom. The summed E-state index contributed by atoms with van der Waals surface area (Å²) in [6, 6.07) is 0.283. The van der Waals surface area contributed by atoms with E-state index < -0.39 is 0 Å². The number of hydrogen-bond donors (Lipinski definition) is 3. The van der Waals surface area contributed by atoms with Gasteiger partial charge >= 0.3 is 0 Å². The smallest absolute Gasteiger partial charge is 0.243 e. The van der Waals surface area contributed by atoms with Crippen LogP contribution in [0, 0.1) is 5.92 Å². The molecule has 0 aromatic heterocycles. The fourth-order valence-corrected chi connectivity index (χ4v) is 3.38. The second-order valence-electron chi connectivity index (χ2n) is 8.11. The molecule has 174 valence electrons. The monoisotopic (exact) mass is 538 g/mol. The third-order valence-corrected chi connectivity index (χ3v) is 5.32. The van der Waals surface area contributed by atoms with Crippen molar-refractivity contribution in [2.24, 2.45) is 10.9 Å². The van der Waals surface area contributed by atoms with Gasteiger partial charge in [0.2, 0.25) is 11.8 Å². The lowest BCUT2D eigenvalue weighted by molar-refractivity contribution is -0.127. The summed E-state index contributed by atoms with van der Waals surface area (Å²) in [5, 5.41) is 9.79. The molecule has 2 aliphatic heterocycles. The molecule has 0 saturated carbocycles. The number of guanidine groups is 1. The highest BCUT2D eigenvalue weighted by Gasteiger charge is 2.22. The number of carbonyl (C=O) groups is 2. The number of likely N-dealkylation sites (N-methyl/N-ethyl adjacent to an activating group) is 1. The predicted octanol–water partition coefficient (Wildman–Crippen LogP) is 0.255. The Balaban J connectivity index is 0.00000450. The van der Waals surface area contributed by atoms with E-state index in [-0.39, 0.29) is 48.4 Å². The SMILES string of the molecule is CCCNC(=O)CN1CCC(NC(=NCC(=O)N(C)C)NCC2CCOC2)CC1.I. The van der Waals surface area contributed by atoms with E-state index >= 15 is 0 Å². The third kappa shape index (κ3) is 10.3. The Labute approximate surface area is 197 Å². The van der Waals surface area contributed by atoms with Crippen molar-refractivity contribution < 1.29 is 14.3 Å². The molecule has 2 amide bonds. The maximum atomic E-state index is 11.9. The molecule has 0 aromatic rings. The van der Waals surface area contributed by atoms with Gasteiger partial charge in [-0.2, -0.15) is 0 Å². The van der Waals surface area contributed by atoms with Crippen LogP contribution in [0.5, 0.6) is 0 Å². The van der Waals surface area contributed by atoms with Gasteiger partial charge in [0.25, 0.3) is 0 Å². The zero-order chi connectivity index (χ0) is 21.1. The third-order valence-electron chi connectivity index (χ3n) is 5.32. The van der Waals surface area contributed by atoms with Crippen LogP contribution in [0.1, 0.15) is 32.6 Å². The average molecular weight is 538 g/mol. The molecule has 0 radical (unpaired) electrons. The summed E-state index contributed by atoms with van der Waals surface area (Å²) >= 11 is 0. The summed E-state index contributed by atoms with van der Waals surface area (Å²) in [5.41, 5.74) is 0. The topological polar surface area (TPSA) is 98.3 Å². The lowest BCUT2D eigenvalue weighted by Crippen LogP contribution is -2.51. The van der Waals surface area contributed by atoms with Gasteiger partial charge in [0, 0.05) is 58.8 Å². The van der Waals surface area contributed by atoms with Gasteiger partial charge in [0.1, 0.15) is 6.54 Å². The Kier molecular flexibility index (Phi) is 13.3. The molecule has 2 heterocycles. The van der Waals surface area contributed by atoms with Gasteiger partial charge in [0.05, 0.1) is 13.2 Å². The van der Waals surface area contributed by atoms with Gasteiger partial charge < -0.3 is 25.6 Å². The number of rotatable bonds is 9. The molecule has 3 N–H and O–H groups in total. The van der Waals surface area contributed by atoms with Crippen molar-refractivity contribution in [3.8, 4) is 0 Å². The van der Waals surface area contributed by atoms with Gasteiger partial charge in [-0.15, -0.1) is 24.0 Å². The highest BCUT2D eigenvalue weighted by molar-refractivity contribution is 14.0. The van der Waals surface area contributed by atoms with E-state index in [0.717, 1.165) is 65.1 Å². The van der Waals surface area contributed by atoms with E-state index in [1.165, 1.54) is 0 Å². The van der Waals surface area contributed by atoms with E-state index in [1.807, 2.05) is 0 Å². The minimum Gasteiger partial charge on any atom is -0.381 e. The molecule has 2 rings (SSSR count). The van der Waals surface area contributed by atoms with E-state index in [4.69, 9.17) is 4.74 Å². The molecule has 2 saturated heterocycles. The van der Waals surface area contributed by atoms with Crippen LogP contribution in [0.3, 0.4) is 0 Å². The quantitative estimate of drug-likeness (QED) is 0.221. The molecular weight excluding hydrogens is 499 g/mol. The minimum atomic E-state index is -0.0248. The Morgan fingerprint density at radius 1 is 1.17 bits per heavy atom. The molecule has 10 heteroatoms. The number of aliphatic imine (C=N–C) groups is 1. The van der Waals surface area contributed by atoms with Crippen LogP contribution in [0.15, 0.2) is 4.99 Å². The fraction of sp³-hybridized carbons (Fsp3) is 0.850. The molecule has 0 spiro atoms. The zero-order valence-electron chi connectivity index (χ0n) is 18.6. The standard InChI is InChI=1S/C20H38N6O3.HI/c1-4-8-21-18(27)14-26-9-5-17(6-10-26)24-20(23-13-19(28)25(2)3)22-12-16-7-11-29-15-16;/h16-17H,4-15H2,1-3H3,(H,21,27)(H2,22,23,24);1H. The van der Waals surface area contributed by atoms with Crippen molar-refractivity contribution in [3.05, 3.63) is 0 Å². The van der Waals surface area contributed by atoms with Gasteiger partial charge in [-0.3, -0.25) is 14.5 Å². The molecular formula is C20H39IN6O3. The predicted molar refractivity (Wildman–Crippen MR) is 129 cm³/mol. The number of halogens is 1. The highest BCUT2D eigenvalue weighted by Crippen LogP contribution is 2.12. The zero-order valence-corrected chi connectivity index (χ0v) is 20.9. The number of carbonyl (C=O) groups excluding carboxylic acids is 2. The van der Waals surface area contributed by atoms with Crippen LogP contribution >= 0.6 is 24.0 Å². The number of piperidine rings is 1. The van der Waals surface area contributed by atoms with Crippen LogP contribution in [0.25, 0.3) is 0 Å². The first-order chi connectivity index (χ1) is 14.0. The summed E-state index contributed by atoms with van der Waals surface area (Å²) in [6.45, 7) is 7.50. The first-order valence-electron chi connectivity index (χ1n) is 10.8. The summed E-state index contributed by atoms with van der Waals surface area (Å²) in [4.78, 5) is 32.0. The van der Waals surface area contributed by atoms with Crippen LogP contribution in [-0.2, 0) is 14.3 Å². The van der Waals surface area contributed by atoms with E-state index in [1.54, 1.807) is 19.0 Å². The molecule has 9 nitrogen and oxygen atoms in total. The lowest BCUT2D eigenvalue weighted by Gasteiger charge is -2.32. The van der Waals surface area contributed by atoms with Crippen molar-refractivity contribution in [1.29, 1.82) is 0 Å². The van der Waals surface area contributed by atoms with Crippen LogP contribution < -0.4 is 16.0 Å². The second-order valence-corrected chi connectivity index (χ2v) is 8.11. The highest BCUT2D eigenvalue weighted by atomic mass is 127. The largest absolute Gasteiger partial charge is 0.381 e. The van der Waals surface area contributed by atoms with Crippen molar-refractivity contribution in [1.82, 2.24) is 25.8 Å².